The predicted octanol–water partition coefficient (Wildman–Crippen LogP) is 2.75. The molecule has 0 amide bonds. The lowest BCUT2D eigenvalue weighted by Crippen LogP contribution is -2.20. The minimum absolute atomic E-state index is 0.463. The van der Waals surface area contributed by atoms with Crippen LogP contribution in [0.5, 0.6) is 0 Å². The highest BCUT2D eigenvalue weighted by atomic mass is 14.9. The van der Waals surface area contributed by atoms with Crippen molar-refractivity contribution >= 4 is 0 Å². The quantitative estimate of drug-likeness (QED) is 0.837. The number of dihydropyridines is 1. The van der Waals surface area contributed by atoms with Gasteiger partial charge in [0.05, 0.1) is 0 Å². The first-order valence-electron chi connectivity index (χ1n) is 5.79. The van der Waals surface area contributed by atoms with Crippen LogP contribution in [0.15, 0.2) is 42.3 Å². The molecule has 1 aliphatic heterocycles. The highest BCUT2D eigenvalue weighted by Gasteiger charge is 2.02. The second-order valence-corrected chi connectivity index (χ2v) is 4.34. The lowest BCUT2D eigenvalue weighted by Gasteiger charge is -2.14. The Morgan fingerprint density at radius 3 is 2.81 bits per heavy atom. The van der Waals surface area contributed by atoms with Crippen molar-refractivity contribution in [3.63, 3.8) is 0 Å². The SMILES string of the molecule is Cc1ccc(CCC2=CNC(C)C=C2)cn1. The number of nitrogens with zero attached hydrogens (tertiary/aromatic N) is 1. The van der Waals surface area contributed by atoms with E-state index in [2.05, 4.69) is 47.7 Å². The summed E-state index contributed by atoms with van der Waals surface area (Å²) < 4.78 is 0. The molecule has 0 saturated heterocycles. The standard InChI is InChI=1S/C14H18N2/c1-11-3-5-13(9-15-11)7-8-14-6-4-12(2)16-10-14/h3-6,9-11,15H,7-8H2,1-2H3. The van der Waals surface area contributed by atoms with E-state index in [4.69, 9.17) is 0 Å². The van der Waals surface area contributed by atoms with E-state index in [1.54, 1.807) is 0 Å². The number of hydrogen-bond acceptors (Lipinski definition) is 2. The van der Waals surface area contributed by atoms with Crippen LogP contribution in [0, 0.1) is 6.92 Å². The largest absolute Gasteiger partial charge is 0.385 e. The van der Waals surface area contributed by atoms with Crippen LogP contribution < -0.4 is 5.32 Å². The van der Waals surface area contributed by atoms with Crippen LogP contribution in [0.4, 0.5) is 0 Å². The number of nitrogens with one attached hydrogen (secondary N) is 1. The Morgan fingerprint density at radius 1 is 1.31 bits per heavy atom. The molecule has 0 saturated carbocycles. The van der Waals surface area contributed by atoms with Crippen molar-refractivity contribution < 1.29 is 0 Å². The van der Waals surface area contributed by atoms with Gasteiger partial charge in [-0.05, 0) is 43.9 Å². The zero-order chi connectivity index (χ0) is 11.4. The van der Waals surface area contributed by atoms with E-state index in [-0.39, 0.29) is 0 Å². The van der Waals surface area contributed by atoms with E-state index in [1.165, 1.54) is 11.1 Å². The molecule has 1 N–H and O–H groups in total. The number of hydrogen-bond donors (Lipinski definition) is 1. The summed E-state index contributed by atoms with van der Waals surface area (Å²) in [4.78, 5) is 4.30. The van der Waals surface area contributed by atoms with Crippen molar-refractivity contribution in [3.05, 3.63) is 53.5 Å². The summed E-state index contributed by atoms with van der Waals surface area (Å²) in [6.45, 7) is 4.16. The molecule has 2 rings (SSSR count). The lowest BCUT2D eigenvalue weighted by molar-refractivity contribution is 0.743. The molecule has 1 aromatic heterocycles. The molecular weight excluding hydrogens is 196 g/mol. The second-order valence-electron chi connectivity index (χ2n) is 4.34. The Hall–Kier alpha value is -1.57. The summed E-state index contributed by atoms with van der Waals surface area (Å²) in [5.41, 5.74) is 3.74. The number of aryl methyl sites for hydroxylation is 2. The van der Waals surface area contributed by atoms with Gasteiger partial charge in [0, 0.05) is 24.1 Å². The van der Waals surface area contributed by atoms with Crippen LogP contribution in [0.3, 0.4) is 0 Å². The first-order valence-corrected chi connectivity index (χ1v) is 5.79. The topological polar surface area (TPSA) is 24.9 Å². The highest BCUT2D eigenvalue weighted by molar-refractivity contribution is 5.25. The molecule has 16 heavy (non-hydrogen) atoms. The van der Waals surface area contributed by atoms with Crippen molar-refractivity contribution in [1.82, 2.24) is 10.3 Å². The van der Waals surface area contributed by atoms with Crippen LogP contribution in [0.2, 0.25) is 0 Å². The average Bonchev–Trinajstić information content (AvgIpc) is 2.30. The van der Waals surface area contributed by atoms with Gasteiger partial charge in [-0.25, -0.2) is 0 Å². The molecule has 0 spiro atoms. The first-order chi connectivity index (χ1) is 7.74. The van der Waals surface area contributed by atoms with E-state index in [1.807, 2.05) is 13.1 Å². The first kappa shape index (κ1) is 10.9. The monoisotopic (exact) mass is 214 g/mol. The fourth-order valence-corrected chi connectivity index (χ4v) is 1.70. The predicted molar refractivity (Wildman–Crippen MR) is 67.1 cm³/mol. The molecule has 0 aromatic carbocycles. The van der Waals surface area contributed by atoms with Gasteiger partial charge in [-0.15, -0.1) is 0 Å². The van der Waals surface area contributed by atoms with Crippen LogP contribution in [0.25, 0.3) is 0 Å². The molecule has 2 heteroatoms. The average molecular weight is 214 g/mol. The fourth-order valence-electron chi connectivity index (χ4n) is 1.70. The van der Waals surface area contributed by atoms with E-state index < -0.39 is 0 Å². The molecule has 1 atom stereocenters. The second kappa shape index (κ2) is 4.97. The van der Waals surface area contributed by atoms with E-state index in [0.717, 1.165) is 18.5 Å². The summed E-state index contributed by atoms with van der Waals surface area (Å²) in [6, 6.07) is 4.69. The summed E-state index contributed by atoms with van der Waals surface area (Å²) in [6.07, 6.45) is 10.6. The molecule has 1 aliphatic rings. The van der Waals surface area contributed by atoms with Gasteiger partial charge >= 0.3 is 0 Å². The Kier molecular flexibility index (Phi) is 3.40. The maximum Gasteiger partial charge on any atom is 0.0413 e. The highest BCUT2D eigenvalue weighted by Crippen LogP contribution is 2.12. The van der Waals surface area contributed by atoms with Gasteiger partial charge in [0.25, 0.3) is 0 Å². The van der Waals surface area contributed by atoms with Crippen LogP contribution in [-0.4, -0.2) is 11.0 Å². The van der Waals surface area contributed by atoms with Crippen LogP contribution in [-0.2, 0) is 6.42 Å². The number of aromatic nitrogens is 1. The molecule has 84 valence electrons. The van der Waals surface area contributed by atoms with E-state index in [9.17, 15) is 0 Å². The molecule has 0 bridgehead atoms. The minimum atomic E-state index is 0.463. The van der Waals surface area contributed by atoms with Crippen molar-refractivity contribution in [2.45, 2.75) is 32.7 Å². The summed E-state index contributed by atoms with van der Waals surface area (Å²) in [7, 11) is 0. The third kappa shape index (κ3) is 2.96. The number of allylic oxidation sites excluding steroid dienone is 2. The maximum absolute atomic E-state index is 4.30. The molecule has 0 aliphatic carbocycles. The van der Waals surface area contributed by atoms with E-state index >= 15 is 0 Å². The fraction of sp³-hybridized carbons (Fsp3) is 0.357. The normalized spacial score (nSPS) is 19.1. The summed E-state index contributed by atoms with van der Waals surface area (Å²) >= 11 is 0. The molecule has 2 nitrogen and oxygen atoms in total. The summed E-state index contributed by atoms with van der Waals surface area (Å²) in [5, 5.41) is 3.31. The van der Waals surface area contributed by atoms with Crippen molar-refractivity contribution in [2.75, 3.05) is 0 Å². The number of rotatable bonds is 3. The Bertz CT molecular complexity index is 401. The molecule has 0 fully saturated rings. The smallest absolute Gasteiger partial charge is 0.0413 e. The van der Waals surface area contributed by atoms with Gasteiger partial charge < -0.3 is 5.32 Å². The van der Waals surface area contributed by atoms with Gasteiger partial charge in [0.2, 0.25) is 0 Å². The van der Waals surface area contributed by atoms with Crippen molar-refractivity contribution in [1.29, 1.82) is 0 Å². The third-order valence-corrected chi connectivity index (χ3v) is 2.81. The minimum Gasteiger partial charge on any atom is -0.385 e. The molecule has 2 heterocycles. The van der Waals surface area contributed by atoms with Crippen molar-refractivity contribution in [2.24, 2.45) is 0 Å². The third-order valence-electron chi connectivity index (χ3n) is 2.81. The maximum atomic E-state index is 4.30. The Balaban J connectivity index is 1.88. The Morgan fingerprint density at radius 2 is 2.19 bits per heavy atom. The van der Waals surface area contributed by atoms with Gasteiger partial charge in [-0.1, -0.05) is 18.2 Å². The van der Waals surface area contributed by atoms with Crippen LogP contribution >= 0.6 is 0 Å². The zero-order valence-corrected chi connectivity index (χ0v) is 9.90. The van der Waals surface area contributed by atoms with Gasteiger partial charge in [-0.3, -0.25) is 4.98 Å². The van der Waals surface area contributed by atoms with E-state index in [0.29, 0.717) is 6.04 Å². The lowest BCUT2D eigenvalue weighted by atomic mass is 10.0. The molecule has 1 aromatic rings. The molecular formula is C14H18N2. The Labute approximate surface area is 97.1 Å². The number of pyridine rings is 1. The molecule has 1 unspecified atom stereocenters. The van der Waals surface area contributed by atoms with Crippen molar-refractivity contribution in [3.8, 4) is 0 Å². The molecule has 0 radical (unpaired) electrons. The summed E-state index contributed by atoms with van der Waals surface area (Å²) in [5.74, 6) is 0. The van der Waals surface area contributed by atoms with Crippen LogP contribution in [0.1, 0.15) is 24.6 Å². The van der Waals surface area contributed by atoms with Gasteiger partial charge in [0.15, 0.2) is 0 Å². The zero-order valence-electron chi connectivity index (χ0n) is 9.90. The van der Waals surface area contributed by atoms with Gasteiger partial charge in [-0.2, -0.15) is 0 Å². The van der Waals surface area contributed by atoms with Gasteiger partial charge in [0.1, 0.15) is 0 Å².